The van der Waals surface area contributed by atoms with Crippen molar-refractivity contribution in [2.45, 2.75) is 37.4 Å². The number of nitrogens with zero attached hydrogens (tertiary/aromatic N) is 1. The highest BCUT2D eigenvalue weighted by Gasteiger charge is 2.46. The van der Waals surface area contributed by atoms with Gasteiger partial charge in [-0.15, -0.1) is 36.2 Å². The van der Waals surface area contributed by atoms with Crippen molar-refractivity contribution in [1.82, 2.24) is 10.2 Å². The number of halogens is 2. The van der Waals surface area contributed by atoms with Crippen molar-refractivity contribution in [3.05, 3.63) is 57.8 Å². The number of benzene rings is 1. The van der Waals surface area contributed by atoms with E-state index in [0.717, 1.165) is 32.4 Å². The van der Waals surface area contributed by atoms with Gasteiger partial charge in [-0.05, 0) is 41.8 Å². The molecule has 1 aliphatic heterocycles. The smallest absolute Gasteiger partial charge is 0.240 e. The molecule has 1 atom stereocenters. The molecule has 2 aliphatic rings. The maximum Gasteiger partial charge on any atom is 0.240 e. The standard InChI is InChI=1S/C19H23N3OS.2ClH/c20-19(8-9-19)18(23)21-12-16(14-4-2-1-3-5-14)22-10-6-17-15(13-22)7-11-24-17;;/h1-5,7,11,16H,6,8-10,12-13,20H2,(H,21,23);2*1H. The van der Waals surface area contributed by atoms with Gasteiger partial charge >= 0.3 is 0 Å². The number of carbonyl (C=O) groups excluding carboxylic acids is 1. The first-order valence-corrected chi connectivity index (χ1v) is 9.45. The Morgan fingerprint density at radius 3 is 2.65 bits per heavy atom. The highest BCUT2D eigenvalue weighted by molar-refractivity contribution is 7.10. The number of fused-ring (bicyclic) bond motifs is 1. The van der Waals surface area contributed by atoms with Crippen molar-refractivity contribution in [1.29, 1.82) is 0 Å². The molecule has 2 heterocycles. The first kappa shape index (κ1) is 21.2. The molecule has 1 amide bonds. The van der Waals surface area contributed by atoms with Gasteiger partial charge in [-0.25, -0.2) is 0 Å². The van der Waals surface area contributed by atoms with Crippen LogP contribution in [-0.2, 0) is 17.8 Å². The number of nitrogens with two attached hydrogens (primary N) is 1. The van der Waals surface area contributed by atoms with Gasteiger partial charge in [0.2, 0.25) is 5.91 Å². The Labute approximate surface area is 171 Å². The quantitative estimate of drug-likeness (QED) is 0.790. The summed E-state index contributed by atoms with van der Waals surface area (Å²) in [5.41, 5.74) is 8.09. The predicted molar refractivity (Wildman–Crippen MR) is 111 cm³/mol. The van der Waals surface area contributed by atoms with E-state index < -0.39 is 5.54 Å². The monoisotopic (exact) mass is 413 g/mol. The summed E-state index contributed by atoms with van der Waals surface area (Å²) in [5, 5.41) is 5.28. The van der Waals surface area contributed by atoms with Crippen LogP contribution in [0.1, 0.15) is 34.9 Å². The molecule has 0 saturated heterocycles. The van der Waals surface area contributed by atoms with Crippen molar-refractivity contribution in [3.63, 3.8) is 0 Å². The summed E-state index contributed by atoms with van der Waals surface area (Å²) in [6, 6.07) is 12.9. The van der Waals surface area contributed by atoms with Crippen LogP contribution in [0.4, 0.5) is 0 Å². The summed E-state index contributed by atoms with van der Waals surface area (Å²) < 4.78 is 0. The third kappa shape index (κ3) is 4.41. The first-order chi connectivity index (χ1) is 11.7. The zero-order valence-corrected chi connectivity index (χ0v) is 17.0. The van der Waals surface area contributed by atoms with Crippen LogP contribution in [-0.4, -0.2) is 29.4 Å². The minimum atomic E-state index is -0.607. The third-order valence-corrected chi connectivity index (χ3v) is 6.18. The van der Waals surface area contributed by atoms with Crippen LogP contribution in [0.25, 0.3) is 0 Å². The van der Waals surface area contributed by atoms with E-state index in [2.05, 4.69) is 45.9 Å². The number of hydrogen-bond acceptors (Lipinski definition) is 4. The molecule has 1 saturated carbocycles. The molecule has 1 unspecified atom stereocenters. The molecule has 0 bridgehead atoms. The number of amides is 1. The molecule has 4 rings (SSSR count). The van der Waals surface area contributed by atoms with Crippen LogP contribution >= 0.6 is 36.2 Å². The normalized spacial score (nSPS) is 18.7. The van der Waals surface area contributed by atoms with E-state index in [9.17, 15) is 4.79 Å². The molecule has 1 aliphatic carbocycles. The molecule has 1 aromatic carbocycles. The minimum Gasteiger partial charge on any atom is -0.353 e. The van der Waals surface area contributed by atoms with Crippen LogP contribution in [0.3, 0.4) is 0 Å². The van der Waals surface area contributed by atoms with Crippen LogP contribution in [0, 0.1) is 0 Å². The Morgan fingerprint density at radius 2 is 1.96 bits per heavy atom. The average molecular weight is 414 g/mol. The fraction of sp³-hybridized carbons (Fsp3) is 0.421. The van der Waals surface area contributed by atoms with Gasteiger partial charge in [-0.3, -0.25) is 9.69 Å². The lowest BCUT2D eigenvalue weighted by atomic mass is 10.0. The fourth-order valence-electron chi connectivity index (χ4n) is 3.40. The maximum absolute atomic E-state index is 12.2. The summed E-state index contributed by atoms with van der Waals surface area (Å²) in [4.78, 5) is 16.2. The topological polar surface area (TPSA) is 58.4 Å². The molecule has 3 N–H and O–H groups in total. The van der Waals surface area contributed by atoms with Crippen LogP contribution in [0.15, 0.2) is 41.8 Å². The summed E-state index contributed by atoms with van der Waals surface area (Å²) in [7, 11) is 0. The predicted octanol–water partition coefficient (Wildman–Crippen LogP) is 3.30. The van der Waals surface area contributed by atoms with Gasteiger partial charge in [-0.1, -0.05) is 30.3 Å². The van der Waals surface area contributed by atoms with Gasteiger partial charge in [0.05, 0.1) is 11.6 Å². The van der Waals surface area contributed by atoms with Gasteiger partial charge in [0.15, 0.2) is 0 Å². The summed E-state index contributed by atoms with van der Waals surface area (Å²) in [5.74, 6) is -0.00309. The lowest BCUT2D eigenvalue weighted by molar-refractivity contribution is -0.123. The van der Waals surface area contributed by atoms with Gasteiger partial charge < -0.3 is 11.1 Å². The first-order valence-electron chi connectivity index (χ1n) is 8.57. The van der Waals surface area contributed by atoms with Gasteiger partial charge in [0, 0.05) is 24.5 Å². The molecular formula is C19H25Cl2N3OS. The van der Waals surface area contributed by atoms with Crippen molar-refractivity contribution in [2.75, 3.05) is 13.1 Å². The number of rotatable bonds is 5. The molecule has 142 valence electrons. The van der Waals surface area contributed by atoms with E-state index >= 15 is 0 Å². The van der Waals surface area contributed by atoms with E-state index in [4.69, 9.17) is 5.73 Å². The maximum atomic E-state index is 12.2. The molecular weight excluding hydrogens is 389 g/mol. The average Bonchev–Trinajstić information content (AvgIpc) is 3.19. The largest absolute Gasteiger partial charge is 0.353 e. The Hall–Kier alpha value is -1.11. The Bertz CT molecular complexity index is 733. The molecule has 0 spiro atoms. The van der Waals surface area contributed by atoms with E-state index in [1.807, 2.05) is 17.4 Å². The summed E-state index contributed by atoms with van der Waals surface area (Å²) in [6.07, 6.45) is 2.69. The van der Waals surface area contributed by atoms with Crippen molar-refractivity contribution in [2.24, 2.45) is 5.73 Å². The van der Waals surface area contributed by atoms with E-state index in [-0.39, 0.29) is 36.8 Å². The van der Waals surface area contributed by atoms with Crippen LogP contribution < -0.4 is 11.1 Å². The van der Waals surface area contributed by atoms with Crippen molar-refractivity contribution < 1.29 is 4.79 Å². The number of hydrogen-bond donors (Lipinski definition) is 2. The molecule has 26 heavy (non-hydrogen) atoms. The highest BCUT2D eigenvalue weighted by Crippen LogP contribution is 2.33. The zero-order valence-electron chi connectivity index (χ0n) is 14.5. The second kappa shape index (κ2) is 8.72. The zero-order chi connectivity index (χ0) is 16.6. The van der Waals surface area contributed by atoms with Crippen molar-refractivity contribution in [3.8, 4) is 0 Å². The van der Waals surface area contributed by atoms with Gasteiger partial charge in [0.1, 0.15) is 0 Å². The molecule has 2 aromatic rings. The Kier molecular flexibility index (Phi) is 7.11. The van der Waals surface area contributed by atoms with Crippen molar-refractivity contribution >= 4 is 42.1 Å². The molecule has 1 fully saturated rings. The number of thiophene rings is 1. The highest BCUT2D eigenvalue weighted by atomic mass is 35.5. The Morgan fingerprint density at radius 1 is 1.23 bits per heavy atom. The molecule has 0 radical (unpaired) electrons. The second-order valence-corrected chi connectivity index (χ2v) is 7.88. The second-order valence-electron chi connectivity index (χ2n) is 6.88. The number of nitrogens with one attached hydrogen (secondary N) is 1. The minimum absolute atomic E-state index is 0. The van der Waals surface area contributed by atoms with Crippen LogP contribution in [0.5, 0.6) is 0 Å². The summed E-state index contributed by atoms with van der Waals surface area (Å²) >= 11 is 1.85. The SMILES string of the molecule is Cl.Cl.NC1(C(=O)NCC(c2ccccc2)N2CCc3sccc3C2)CC1. The molecule has 1 aromatic heterocycles. The van der Waals surface area contributed by atoms with Gasteiger partial charge in [0.25, 0.3) is 0 Å². The summed E-state index contributed by atoms with van der Waals surface area (Å²) in [6.45, 7) is 2.58. The molecule has 7 heteroatoms. The third-order valence-electron chi connectivity index (χ3n) is 5.16. The van der Waals surface area contributed by atoms with E-state index in [1.54, 1.807) is 0 Å². The van der Waals surface area contributed by atoms with E-state index in [0.29, 0.717) is 6.54 Å². The van der Waals surface area contributed by atoms with Gasteiger partial charge in [-0.2, -0.15) is 0 Å². The Balaban J connectivity index is 0.00000121. The number of carbonyl (C=O) groups is 1. The van der Waals surface area contributed by atoms with E-state index in [1.165, 1.54) is 16.0 Å². The van der Waals surface area contributed by atoms with Crippen LogP contribution in [0.2, 0.25) is 0 Å². The lowest BCUT2D eigenvalue weighted by Gasteiger charge is -2.35. The lowest BCUT2D eigenvalue weighted by Crippen LogP contribution is -2.46. The molecule has 4 nitrogen and oxygen atoms in total. The fourth-order valence-corrected chi connectivity index (χ4v) is 4.29.